The predicted molar refractivity (Wildman–Crippen MR) is 307 cm³/mol. The lowest BCUT2D eigenvalue weighted by Crippen LogP contribution is -2.49. The van der Waals surface area contributed by atoms with E-state index in [1.165, 1.54) is 135 Å². The molecule has 10 aromatic rings. The zero-order chi connectivity index (χ0) is 48.5. The third-order valence-corrected chi connectivity index (χ3v) is 21.5. The number of nitrogens with zero attached hydrogens (tertiary/aromatic N) is 2. The largest absolute Gasteiger partial charge is 0.310 e. The first-order valence-electron chi connectivity index (χ1n) is 26.6. The van der Waals surface area contributed by atoms with Crippen LogP contribution >= 0.6 is 0 Å². The molecule has 4 aliphatic carbocycles. The van der Waals surface area contributed by atoms with E-state index in [0.29, 0.717) is 0 Å². The van der Waals surface area contributed by atoms with E-state index < -0.39 is 8.07 Å². The fourth-order valence-electron chi connectivity index (χ4n) is 14.8. The highest BCUT2D eigenvalue weighted by molar-refractivity contribution is 7.04. The van der Waals surface area contributed by atoms with E-state index in [-0.39, 0.29) is 10.8 Å². The zero-order valence-corrected chi connectivity index (χ0v) is 42.6. The molecule has 5 aliphatic rings. The molecular weight excluding hydrogens is 897 g/mol. The van der Waals surface area contributed by atoms with Crippen molar-refractivity contribution in [2.24, 2.45) is 0 Å². The van der Waals surface area contributed by atoms with Crippen LogP contribution in [-0.4, -0.2) is 8.07 Å². The second-order valence-electron chi connectivity index (χ2n) is 21.8. The molecule has 0 amide bonds. The van der Waals surface area contributed by atoms with E-state index >= 15 is 0 Å². The fourth-order valence-corrected chi connectivity index (χ4v) is 17.9. The number of hydrogen-bond acceptors (Lipinski definition) is 2. The summed E-state index contributed by atoms with van der Waals surface area (Å²) in [6.07, 6.45) is 6.83. The molecule has 1 heterocycles. The van der Waals surface area contributed by atoms with E-state index in [1.807, 2.05) is 0 Å². The molecule has 0 aromatic heterocycles. The van der Waals surface area contributed by atoms with Crippen molar-refractivity contribution in [3.8, 4) is 33.4 Å². The molecule has 350 valence electrons. The number of rotatable bonds is 6. The minimum Gasteiger partial charge on any atom is -0.310 e. The van der Waals surface area contributed by atoms with Crippen LogP contribution in [-0.2, 0) is 23.7 Å². The van der Waals surface area contributed by atoms with Crippen molar-refractivity contribution in [3.63, 3.8) is 0 Å². The molecule has 0 saturated carbocycles. The maximum atomic E-state index is 2.57. The second-order valence-corrected chi connectivity index (χ2v) is 26.1. The van der Waals surface area contributed by atoms with Crippen molar-refractivity contribution in [1.82, 2.24) is 0 Å². The van der Waals surface area contributed by atoms with Crippen LogP contribution in [0.5, 0.6) is 0 Å². The molecule has 10 aromatic carbocycles. The van der Waals surface area contributed by atoms with Gasteiger partial charge in [-0.25, -0.2) is 0 Å². The van der Waals surface area contributed by atoms with Crippen molar-refractivity contribution in [2.45, 2.75) is 62.4 Å². The predicted octanol–water partition coefficient (Wildman–Crippen LogP) is 16.7. The summed E-state index contributed by atoms with van der Waals surface area (Å²) in [5.74, 6) is 0. The van der Waals surface area contributed by atoms with Crippen LogP contribution in [0.4, 0.5) is 34.1 Å². The summed E-state index contributed by atoms with van der Waals surface area (Å²) in [6, 6.07) is 88.4. The summed E-state index contributed by atoms with van der Waals surface area (Å²) < 4.78 is 0. The monoisotopic (exact) mass is 952 g/mol. The Morgan fingerprint density at radius 1 is 0.301 bits per heavy atom. The van der Waals surface area contributed by atoms with Gasteiger partial charge in [0.05, 0.1) is 0 Å². The maximum Gasteiger partial charge on any atom is 0.114 e. The summed E-state index contributed by atoms with van der Waals surface area (Å²) >= 11 is 0. The van der Waals surface area contributed by atoms with Crippen LogP contribution in [0, 0.1) is 0 Å². The highest BCUT2D eigenvalue weighted by atomic mass is 28.3. The number of fused-ring (bicyclic) bond motifs is 17. The zero-order valence-electron chi connectivity index (χ0n) is 41.6. The van der Waals surface area contributed by atoms with Gasteiger partial charge in [-0.3, -0.25) is 0 Å². The summed E-state index contributed by atoms with van der Waals surface area (Å²) in [5.41, 5.74) is 26.7. The molecule has 73 heavy (non-hydrogen) atoms. The average Bonchev–Trinajstić information content (AvgIpc) is 3.97. The Bertz CT molecular complexity index is 3620. The molecule has 2 spiro atoms. The van der Waals surface area contributed by atoms with Crippen molar-refractivity contribution in [1.29, 1.82) is 0 Å². The van der Waals surface area contributed by atoms with E-state index in [9.17, 15) is 0 Å². The van der Waals surface area contributed by atoms with Crippen molar-refractivity contribution in [3.05, 3.63) is 275 Å². The Morgan fingerprint density at radius 2 is 0.644 bits per heavy atom. The van der Waals surface area contributed by atoms with Gasteiger partial charge in [-0.1, -0.05) is 171 Å². The van der Waals surface area contributed by atoms with Crippen LogP contribution < -0.4 is 20.2 Å². The quantitative estimate of drug-likeness (QED) is 0.153. The van der Waals surface area contributed by atoms with E-state index in [4.69, 9.17) is 0 Å². The van der Waals surface area contributed by atoms with Gasteiger partial charge in [-0.15, -0.1) is 0 Å². The Balaban J connectivity index is 0.848. The van der Waals surface area contributed by atoms with Crippen LogP contribution in [0.2, 0.25) is 13.1 Å². The average molecular weight is 953 g/mol. The van der Waals surface area contributed by atoms with Gasteiger partial charge in [0.1, 0.15) is 8.07 Å². The first-order valence-corrected chi connectivity index (χ1v) is 29.6. The number of aryl methyl sites for hydroxylation is 2. The smallest absolute Gasteiger partial charge is 0.114 e. The van der Waals surface area contributed by atoms with Gasteiger partial charge in [0.25, 0.3) is 0 Å². The summed E-state index contributed by atoms with van der Waals surface area (Å²) in [6.45, 7) is 5.14. The number of hydrogen-bond donors (Lipinski definition) is 0. The van der Waals surface area contributed by atoms with E-state index in [2.05, 4.69) is 253 Å². The minimum absolute atomic E-state index is 0.174. The van der Waals surface area contributed by atoms with Gasteiger partial charge in [-0.05, 0) is 200 Å². The van der Waals surface area contributed by atoms with Crippen molar-refractivity contribution >= 4 is 52.6 Å². The van der Waals surface area contributed by atoms with Crippen LogP contribution in [0.25, 0.3) is 33.4 Å². The van der Waals surface area contributed by atoms with Gasteiger partial charge < -0.3 is 9.80 Å². The van der Waals surface area contributed by atoms with Crippen molar-refractivity contribution < 1.29 is 0 Å². The fraction of sp³-hybridized carbons (Fsp3) is 0.143. The molecule has 0 fully saturated rings. The molecule has 2 nitrogen and oxygen atoms in total. The van der Waals surface area contributed by atoms with E-state index in [0.717, 1.165) is 25.7 Å². The molecule has 2 unspecified atom stereocenters. The first kappa shape index (κ1) is 42.7. The molecule has 15 rings (SSSR count). The topological polar surface area (TPSA) is 6.48 Å². The SMILES string of the molecule is C[Si]1(C)c2cc(N(c3ccccc3)c3ccc4c(c3)C3(CCCc5ccccc53)c3ccccc3-4)ccc2-c2ccc(N(c3ccccc3)c3ccc4c(c3)C3(CCCc5ccccc53)c3ccccc3-4)cc21. The number of benzene rings is 10. The van der Waals surface area contributed by atoms with Crippen LogP contribution in [0.1, 0.15) is 70.2 Å². The lowest BCUT2D eigenvalue weighted by molar-refractivity contribution is 0.507. The minimum atomic E-state index is -2.26. The molecule has 0 saturated heterocycles. The van der Waals surface area contributed by atoms with Gasteiger partial charge in [0, 0.05) is 45.0 Å². The number of para-hydroxylation sites is 2. The van der Waals surface area contributed by atoms with Gasteiger partial charge >= 0.3 is 0 Å². The maximum absolute atomic E-state index is 2.57. The van der Waals surface area contributed by atoms with Crippen LogP contribution in [0.15, 0.2) is 231 Å². The molecular formula is C70H56N2Si. The lowest BCUT2D eigenvalue weighted by Gasteiger charge is -2.38. The standard InChI is InChI=1S/C70H56N2Si/c1-73(2)67-45-53(71(49-23-5-3-6-24-49)51-33-37-57-55-27-11-15-31-63(55)69(65(57)43-51)41-17-21-47-19-9-13-29-61(47)69)35-39-59(67)60-40-36-54(46-68(60)73)72(50-25-7-4-8-26-50)52-34-38-58-56-28-12-16-32-64(56)70(66(58)44-52)42-18-22-48-20-10-14-30-62(48)70/h3-16,19-20,23-40,43-46H,17-18,21-22,41-42H2,1-2H3. The van der Waals surface area contributed by atoms with Crippen molar-refractivity contribution in [2.75, 3.05) is 9.80 Å². The Hall–Kier alpha value is -7.98. The molecule has 0 radical (unpaired) electrons. The third-order valence-electron chi connectivity index (χ3n) is 17.9. The highest BCUT2D eigenvalue weighted by Gasteiger charge is 2.49. The van der Waals surface area contributed by atoms with Gasteiger partial charge in [0.2, 0.25) is 0 Å². The normalized spacial score (nSPS) is 18.7. The number of anilines is 6. The first-order chi connectivity index (χ1) is 35.9. The molecule has 3 heteroatoms. The molecule has 0 bridgehead atoms. The molecule has 2 atom stereocenters. The Kier molecular flexibility index (Phi) is 9.36. The lowest BCUT2D eigenvalue weighted by atomic mass is 9.64. The Labute approximate surface area is 430 Å². The van der Waals surface area contributed by atoms with Crippen LogP contribution in [0.3, 0.4) is 0 Å². The molecule has 0 N–H and O–H groups in total. The third kappa shape index (κ3) is 6.03. The highest BCUT2D eigenvalue weighted by Crippen LogP contribution is 2.60. The summed E-state index contributed by atoms with van der Waals surface area (Å²) in [5, 5.41) is 2.98. The summed E-state index contributed by atoms with van der Waals surface area (Å²) in [7, 11) is -2.26. The summed E-state index contributed by atoms with van der Waals surface area (Å²) in [4.78, 5) is 5.04. The second kappa shape index (κ2) is 16.0. The van der Waals surface area contributed by atoms with E-state index in [1.54, 1.807) is 0 Å². The Morgan fingerprint density at radius 3 is 1.08 bits per heavy atom. The molecule has 1 aliphatic heterocycles. The van der Waals surface area contributed by atoms with Gasteiger partial charge in [0.15, 0.2) is 0 Å². The van der Waals surface area contributed by atoms with Gasteiger partial charge in [-0.2, -0.15) is 0 Å².